The largest absolute Gasteiger partial charge is 0.228 e. The van der Waals surface area contributed by atoms with Crippen LogP contribution in [0.2, 0.25) is 0 Å². The summed E-state index contributed by atoms with van der Waals surface area (Å²) in [4.78, 5) is 10.2. The summed E-state index contributed by atoms with van der Waals surface area (Å²) >= 11 is 0. The van der Waals surface area contributed by atoms with Crippen molar-refractivity contribution in [1.82, 2.24) is 9.97 Å². The Labute approximate surface area is 257 Å². The van der Waals surface area contributed by atoms with Gasteiger partial charge in [-0.3, -0.25) is 0 Å². The summed E-state index contributed by atoms with van der Waals surface area (Å²) < 4.78 is 0. The lowest BCUT2D eigenvalue weighted by Gasteiger charge is -2.19. The van der Waals surface area contributed by atoms with Gasteiger partial charge in [0.2, 0.25) is 0 Å². The highest BCUT2D eigenvalue weighted by molar-refractivity contribution is 6.21. The summed E-state index contributed by atoms with van der Waals surface area (Å²) in [7, 11) is 0. The first kappa shape index (κ1) is 25.8. The molecule has 0 aliphatic carbocycles. The zero-order chi connectivity index (χ0) is 29.3. The van der Waals surface area contributed by atoms with Gasteiger partial charge in [-0.15, -0.1) is 0 Å². The zero-order valence-corrected chi connectivity index (χ0v) is 24.1. The third kappa shape index (κ3) is 4.63. The molecule has 8 rings (SSSR count). The van der Waals surface area contributed by atoms with E-state index in [1.165, 1.54) is 43.8 Å². The second-order valence-electron chi connectivity index (χ2n) is 11.0. The molecule has 1 aromatic heterocycles. The highest BCUT2D eigenvalue weighted by Crippen LogP contribution is 2.44. The molecule has 2 nitrogen and oxygen atoms in total. The molecular weight excluding hydrogens is 532 g/mol. The molecule has 0 atom stereocenters. The smallest absolute Gasteiger partial charge is 0.160 e. The van der Waals surface area contributed by atoms with Gasteiger partial charge in [0.05, 0.1) is 11.4 Å². The van der Waals surface area contributed by atoms with Crippen LogP contribution < -0.4 is 0 Å². The van der Waals surface area contributed by atoms with E-state index in [4.69, 9.17) is 9.97 Å². The first-order valence-corrected chi connectivity index (χ1v) is 14.9. The highest BCUT2D eigenvalue weighted by atomic mass is 14.9. The number of benzene rings is 7. The number of rotatable bonds is 5. The summed E-state index contributed by atoms with van der Waals surface area (Å²) in [5, 5.41) is 4.91. The molecule has 2 heteroatoms. The van der Waals surface area contributed by atoms with Crippen LogP contribution in [-0.2, 0) is 0 Å². The maximum atomic E-state index is 5.14. The molecule has 0 unspecified atom stereocenters. The van der Waals surface area contributed by atoms with Crippen molar-refractivity contribution < 1.29 is 0 Å². The average molecular weight is 561 g/mol. The number of fused-ring (bicyclic) bond motifs is 2. The molecule has 206 valence electrons. The lowest BCUT2D eigenvalue weighted by atomic mass is 9.85. The van der Waals surface area contributed by atoms with E-state index < -0.39 is 0 Å². The normalized spacial score (nSPS) is 11.2. The highest BCUT2D eigenvalue weighted by Gasteiger charge is 2.18. The van der Waals surface area contributed by atoms with Gasteiger partial charge in [0.25, 0.3) is 0 Å². The molecule has 0 N–H and O–H groups in total. The van der Waals surface area contributed by atoms with Crippen molar-refractivity contribution in [1.29, 1.82) is 0 Å². The van der Waals surface area contributed by atoms with Gasteiger partial charge in [-0.2, -0.15) is 0 Å². The third-order valence-electron chi connectivity index (χ3n) is 8.27. The fourth-order valence-corrected chi connectivity index (χ4v) is 6.24. The van der Waals surface area contributed by atoms with Crippen molar-refractivity contribution in [2.24, 2.45) is 0 Å². The minimum absolute atomic E-state index is 0.716. The van der Waals surface area contributed by atoms with Crippen molar-refractivity contribution in [3.8, 4) is 56.2 Å². The van der Waals surface area contributed by atoms with E-state index in [-0.39, 0.29) is 0 Å². The number of hydrogen-bond acceptors (Lipinski definition) is 2. The Kier molecular flexibility index (Phi) is 6.51. The Hall–Kier alpha value is -5.86. The van der Waals surface area contributed by atoms with Crippen molar-refractivity contribution in [2.45, 2.75) is 0 Å². The molecule has 0 saturated heterocycles. The van der Waals surface area contributed by atoms with Crippen LogP contribution in [0.15, 0.2) is 170 Å². The minimum atomic E-state index is 0.716. The van der Waals surface area contributed by atoms with Gasteiger partial charge in [0, 0.05) is 16.7 Å². The molecule has 0 spiro atoms. The summed E-state index contributed by atoms with van der Waals surface area (Å²) in [6.07, 6.45) is 0. The first-order chi connectivity index (χ1) is 21.8. The third-order valence-corrected chi connectivity index (χ3v) is 8.27. The second kappa shape index (κ2) is 11.1. The van der Waals surface area contributed by atoms with Gasteiger partial charge in [-0.25, -0.2) is 9.97 Å². The van der Waals surface area contributed by atoms with Gasteiger partial charge in [0.1, 0.15) is 0 Å². The van der Waals surface area contributed by atoms with Crippen molar-refractivity contribution in [3.63, 3.8) is 0 Å². The van der Waals surface area contributed by atoms with Crippen LogP contribution in [0.5, 0.6) is 0 Å². The molecule has 0 aliphatic rings. The molecular formula is C42H28N2. The van der Waals surface area contributed by atoms with E-state index >= 15 is 0 Å². The van der Waals surface area contributed by atoms with Crippen LogP contribution in [0, 0.1) is 0 Å². The van der Waals surface area contributed by atoms with Crippen LogP contribution in [0.25, 0.3) is 77.7 Å². The van der Waals surface area contributed by atoms with Gasteiger partial charge in [0.15, 0.2) is 5.82 Å². The van der Waals surface area contributed by atoms with Gasteiger partial charge >= 0.3 is 0 Å². The topological polar surface area (TPSA) is 25.8 Å². The van der Waals surface area contributed by atoms with Crippen molar-refractivity contribution >= 4 is 21.5 Å². The molecule has 8 aromatic rings. The van der Waals surface area contributed by atoms with E-state index in [0.29, 0.717) is 5.82 Å². The average Bonchev–Trinajstić information content (AvgIpc) is 3.11. The second-order valence-corrected chi connectivity index (χ2v) is 11.0. The SMILES string of the molecule is c1ccc(-c2cc(-c3ccc4c(-c5ccccc5)c5ccccc5c(-c5ccccc5)c4c3)nc(-c3ccccc3)n2)cc1. The van der Waals surface area contributed by atoms with E-state index in [9.17, 15) is 0 Å². The van der Waals surface area contributed by atoms with Crippen LogP contribution in [0.3, 0.4) is 0 Å². The summed E-state index contributed by atoms with van der Waals surface area (Å²) in [5.74, 6) is 0.716. The quantitative estimate of drug-likeness (QED) is 0.196. The molecule has 0 aliphatic heterocycles. The number of aromatic nitrogens is 2. The molecule has 1 heterocycles. The van der Waals surface area contributed by atoms with Gasteiger partial charge < -0.3 is 0 Å². The fourth-order valence-electron chi connectivity index (χ4n) is 6.24. The van der Waals surface area contributed by atoms with Gasteiger partial charge in [-0.1, -0.05) is 158 Å². The summed E-state index contributed by atoms with van der Waals surface area (Å²) in [5.41, 5.74) is 9.81. The number of hydrogen-bond donors (Lipinski definition) is 0. The summed E-state index contributed by atoms with van der Waals surface area (Å²) in [6.45, 7) is 0. The Morgan fingerprint density at radius 1 is 0.273 bits per heavy atom. The Morgan fingerprint density at radius 3 is 1.23 bits per heavy atom. The van der Waals surface area contributed by atoms with E-state index in [1.54, 1.807) is 0 Å². The van der Waals surface area contributed by atoms with Crippen LogP contribution in [0.4, 0.5) is 0 Å². The molecule has 0 saturated carbocycles. The van der Waals surface area contributed by atoms with E-state index in [0.717, 1.165) is 28.1 Å². The van der Waals surface area contributed by atoms with E-state index in [1.807, 2.05) is 24.3 Å². The van der Waals surface area contributed by atoms with Crippen LogP contribution >= 0.6 is 0 Å². The molecule has 0 fully saturated rings. The van der Waals surface area contributed by atoms with Gasteiger partial charge in [-0.05, 0) is 55.9 Å². The predicted octanol–water partition coefficient (Wildman–Crippen LogP) is 11.1. The van der Waals surface area contributed by atoms with Crippen LogP contribution in [0.1, 0.15) is 0 Å². The maximum absolute atomic E-state index is 5.14. The zero-order valence-electron chi connectivity index (χ0n) is 24.1. The lowest BCUT2D eigenvalue weighted by molar-refractivity contribution is 1.18. The monoisotopic (exact) mass is 560 g/mol. The first-order valence-electron chi connectivity index (χ1n) is 14.9. The van der Waals surface area contributed by atoms with Crippen molar-refractivity contribution in [2.75, 3.05) is 0 Å². The Bertz CT molecular complexity index is 2180. The molecule has 0 radical (unpaired) electrons. The Morgan fingerprint density at radius 2 is 0.682 bits per heavy atom. The summed E-state index contributed by atoms with van der Waals surface area (Å²) in [6, 6.07) is 59.8. The molecule has 7 aromatic carbocycles. The van der Waals surface area contributed by atoms with Crippen molar-refractivity contribution in [3.05, 3.63) is 170 Å². The molecule has 0 bridgehead atoms. The minimum Gasteiger partial charge on any atom is -0.228 e. The Balaban J connectivity index is 1.44. The fraction of sp³-hybridized carbons (Fsp3) is 0. The maximum Gasteiger partial charge on any atom is 0.160 e. The lowest BCUT2D eigenvalue weighted by Crippen LogP contribution is -1.96. The molecule has 0 amide bonds. The number of nitrogens with zero attached hydrogens (tertiary/aromatic N) is 2. The molecule has 44 heavy (non-hydrogen) atoms. The standard InChI is InChI=1S/C42H28N2/c1-5-15-29(16-6-1)38-28-39(44-42(43-38)32-21-11-4-12-22-32)33-25-26-36-37(27-33)41(31-19-9-3-10-20-31)35-24-14-13-23-34(35)40(36)30-17-7-2-8-18-30/h1-28H. The van der Waals surface area contributed by atoms with Crippen LogP contribution in [-0.4, -0.2) is 9.97 Å². The predicted molar refractivity (Wildman–Crippen MR) is 184 cm³/mol. The van der Waals surface area contributed by atoms with E-state index in [2.05, 4.69) is 146 Å².